The fourth-order valence-electron chi connectivity index (χ4n) is 2.12. The van der Waals surface area contributed by atoms with Gasteiger partial charge in [0.2, 0.25) is 0 Å². The number of amides is 1. The van der Waals surface area contributed by atoms with Crippen molar-refractivity contribution in [3.05, 3.63) is 54.1 Å². The van der Waals surface area contributed by atoms with Gasteiger partial charge in [-0.1, -0.05) is 18.8 Å². The summed E-state index contributed by atoms with van der Waals surface area (Å²) in [6.45, 7) is 5.99. The number of carbonyl (C=O) groups is 1. The van der Waals surface area contributed by atoms with Crippen LogP contribution in [0.2, 0.25) is 0 Å². The quantitative estimate of drug-likeness (QED) is 0.828. The molecule has 0 spiro atoms. The average Bonchev–Trinajstić information content (AvgIpc) is 3.05. The number of aromatic nitrogens is 2. The molecule has 0 aliphatic carbocycles. The van der Waals surface area contributed by atoms with Gasteiger partial charge in [-0.3, -0.25) is 4.79 Å². The van der Waals surface area contributed by atoms with Gasteiger partial charge in [-0.25, -0.2) is 4.98 Å². The van der Waals surface area contributed by atoms with Gasteiger partial charge in [0.15, 0.2) is 0 Å². The predicted molar refractivity (Wildman–Crippen MR) is 93.4 cm³/mol. The van der Waals surface area contributed by atoms with Crippen molar-refractivity contribution in [2.75, 3.05) is 0 Å². The van der Waals surface area contributed by atoms with Crippen LogP contribution in [0.15, 0.2) is 43.0 Å². The third kappa shape index (κ3) is 5.56. The molecule has 0 saturated carbocycles. The molecule has 2 aromatic rings. The molecule has 5 heteroatoms. The van der Waals surface area contributed by atoms with Crippen LogP contribution in [0.3, 0.4) is 0 Å². The number of benzene rings is 1. The van der Waals surface area contributed by atoms with Crippen LogP contribution in [0.4, 0.5) is 0 Å². The lowest BCUT2D eigenvalue weighted by Gasteiger charge is -2.17. The van der Waals surface area contributed by atoms with E-state index in [1.165, 1.54) is 0 Å². The van der Waals surface area contributed by atoms with Gasteiger partial charge in [0.25, 0.3) is 5.91 Å². The van der Waals surface area contributed by atoms with Crippen molar-refractivity contribution in [2.45, 2.75) is 45.4 Å². The van der Waals surface area contributed by atoms with Crippen molar-refractivity contribution in [1.82, 2.24) is 14.9 Å². The Balaban J connectivity index is 1.99. The highest BCUT2D eigenvalue weighted by molar-refractivity contribution is 5.94. The van der Waals surface area contributed by atoms with Crippen LogP contribution >= 0.6 is 0 Å². The van der Waals surface area contributed by atoms with E-state index in [-0.39, 0.29) is 11.9 Å². The largest absolute Gasteiger partial charge is 0.378 e. The zero-order chi connectivity index (χ0) is 17.6. The number of hydrogen-bond donors (Lipinski definition) is 2. The monoisotopic (exact) mass is 325 g/mol. The lowest BCUT2D eigenvalue weighted by Crippen LogP contribution is -2.37. The standard InChI is InChI=1S/C19H23N3O2/c1-4-17(13-22-12-11-20-14-22)21-18(23)16-7-5-15(6-8-16)9-10-19(2,3)24/h5-8,11-12,14,17,24H,4,13H2,1-3H3,(H,21,23)/t17-/m0/s1. The maximum Gasteiger partial charge on any atom is 0.251 e. The van der Waals surface area contributed by atoms with Gasteiger partial charge in [-0.05, 0) is 44.5 Å². The van der Waals surface area contributed by atoms with E-state index >= 15 is 0 Å². The predicted octanol–water partition coefficient (Wildman–Crippen LogP) is 2.21. The highest BCUT2D eigenvalue weighted by Gasteiger charge is 2.12. The highest BCUT2D eigenvalue weighted by atomic mass is 16.3. The summed E-state index contributed by atoms with van der Waals surface area (Å²) >= 11 is 0. The Labute approximate surface area is 142 Å². The van der Waals surface area contributed by atoms with E-state index in [2.05, 4.69) is 22.1 Å². The van der Waals surface area contributed by atoms with E-state index in [0.29, 0.717) is 12.1 Å². The van der Waals surface area contributed by atoms with Crippen LogP contribution in [0.25, 0.3) is 0 Å². The van der Waals surface area contributed by atoms with Crippen molar-refractivity contribution in [1.29, 1.82) is 0 Å². The van der Waals surface area contributed by atoms with Gasteiger partial charge in [0.05, 0.1) is 6.33 Å². The van der Waals surface area contributed by atoms with Crippen LogP contribution < -0.4 is 5.32 Å². The molecule has 5 nitrogen and oxygen atoms in total. The van der Waals surface area contributed by atoms with Crippen molar-refractivity contribution < 1.29 is 9.90 Å². The lowest BCUT2D eigenvalue weighted by atomic mass is 10.1. The molecule has 24 heavy (non-hydrogen) atoms. The van der Waals surface area contributed by atoms with Crippen LogP contribution in [0.5, 0.6) is 0 Å². The van der Waals surface area contributed by atoms with Gasteiger partial charge >= 0.3 is 0 Å². The molecule has 0 fully saturated rings. The molecule has 0 radical (unpaired) electrons. The maximum absolute atomic E-state index is 12.4. The van der Waals surface area contributed by atoms with Crippen molar-refractivity contribution in [3.8, 4) is 11.8 Å². The topological polar surface area (TPSA) is 67.2 Å². The van der Waals surface area contributed by atoms with E-state index < -0.39 is 5.60 Å². The number of nitrogens with zero attached hydrogens (tertiary/aromatic N) is 2. The Morgan fingerprint density at radius 3 is 2.62 bits per heavy atom. The van der Waals surface area contributed by atoms with E-state index in [1.807, 2.05) is 17.7 Å². The Morgan fingerprint density at radius 1 is 1.38 bits per heavy atom. The molecule has 1 aromatic carbocycles. The minimum Gasteiger partial charge on any atom is -0.378 e. The molecule has 0 bridgehead atoms. The Bertz CT molecular complexity index is 717. The molecule has 2 rings (SSSR count). The third-order valence-electron chi connectivity index (χ3n) is 3.48. The van der Waals surface area contributed by atoms with E-state index in [0.717, 1.165) is 12.0 Å². The van der Waals surface area contributed by atoms with E-state index in [4.69, 9.17) is 0 Å². The van der Waals surface area contributed by atoms with Gasteiger partial charge in [0, 0.05) is 36.1 Å². The van der Waals surface area contributed by atoms with Crippen LogP contribution in [0, 0.1) is 11.8 Å². The number of rotatable bonds is 5. The molecule has 1 amide bonds. The smallest absolute Gasteiger partial charge is 0.251 e. The molecule has 0 aliphatic rings. The first-order valence-corrected chi connectivity index (χ1v) is 7.99. The zero-order valence-corrected chi connectivity index (χ0v) is 14.3. The van der Waals surface area contributed by atoms with Crippen LogP contribution in [-0.4, -0.2) is 32.2 Å². The van der Waals surface area contributed by atoms with Gasteiger partial charge in [-0.15, -0.1) is 0 Å². The molecule has 1 aromatic heterocycles. The van der Waals surface area contributed by atoms with E-state index in [9.17, 15) is 9.90 Å². The van der Waals surface area contributed by atoms with Gasteiger partial charge in [0.1, 0.15) is 5.60 Å². The Morgan fingerprint density at radius 2 is 2.08 bits per heavy atom. The number of imidazole rings is 1. The summed E-state index contributed by atoms with van der Waals surface area (Å²) < 4.78 is 1.95. The maximum atomic E-state index is 12.4. The Hall–Kier alpha value is -2.58. The minimum atomic E-state index is -1.03. The second-order valence-electron chi connectivity index (χ2n) is 6.22. The van der Waals surface area contributed by atoms with Crippen molar-refractivity contribution in [3.63, 3.8) is 0 Å². The Kier molecular flexibility index (Phi) is 5.78. The second-order valence-corrected chi connectivity index (χ2v) is 6.22. The van der Waals surface area contributed by atoms with Gasteiger partial charge in [-0.2, -0.15) is 0 Å². The molecule has 1 atom stereocenters. The number of carbonyl (C=O) groups excluding carboxylic acids is 1. The lowest BCUT2D eigenvalue weighted by molar-refractivity contribution is 0.0931. The fourth-order valence-corrected chi connectivity index (χ4v) is 2.12. The van der Waals surface area contributed by atoms with E-state index in [1.54, 1.807) is 50.6 Å². The van der Waals surface area contributed by atoms with Gasteiger partial charge < -0.3 is 15.0 Å². The molecule has 1 heterocycles. The number of nitrogens with one attached hydrogen (secondary N) is 1. The first kappa shape index (κ1) is 17.8. The SMILES string of the molecule is CC[C@@H](Cn1ccnc1)NC(=O)c1ccc(C#CC(C)(C)O)cc1. The second kappa shape index (κ2) is 7.80. The number of hydrogen-bond acceptors (Lipinski definition) is 3. The third-order valence-corrected chi connectivity index (χ3v) is 3.48. The summed E-state index contributed by atoms with van der Waals surface area (Å²) in [5, 5.41) is 12.6. The first-order valence-electron chi connectivity index (χ1n) is 7.99. The molecule has 2 N–H and O–H groups in total. The number of aliphatic hydroxyl groups is 1. The summed E-state index contributed by atoms with van der Waals surface area (Å²) in [7, 11) is 0. The zero-order valence-electron chi connectivity index (χ0n) is 14.3. The van der Waals surface area contributed by atoms with Crippen molar-refractivity contribution >= 4 is 5.91 Å². The summed E-state index contributed by atoms with van der Waals surface area (Å²) in [4.78, 5) is 16.4. The average molecular weight is 325 g/mol. The summed E-state index contributed by atoms with van der Waals surface area (Å²) in [5.74, 6) is 5.53. The van der Waals surface area contributed by atoms with Crippen LogP contribution in [0.1, 0.15) is 43.1 Å². The molecule has 0 unspecified atom stereocenters. The summed E-state index contributed by atoms with van der Waals surface area (Å²) in [6.07, 6.45) is 6.18. The highest BCUT2D eigenvalue weighted by Crippen LogP contribution is 2.06. The molecular weight excluding hydrogens is 302 g/mol. The molecule has 0 saturated heterocycles. The first-order chi connectivity index (χ1) is 11.4. The van der Waals surface area contributed by atoms with Crippen LogP contribution in [-0.2, 0) is 6.54 Å². The molecule has 126 valence electrons. The summed E-state index contributed by atoms with van der Waals surface area (Å²) in [5.41, 5.74) is 0.324. The van der Waals surface area contributed by atoms with Crippen molar-refractivity contribution in [2.24, 2.45) is 0 Å². The fraction of sp³-hybridized carbons (Fsp3) is 0.368. The summed E-state index contributed by atoms with van der Waals surface area (Å²) in [6, 6.07) is 7.09. The molecular formula is C19H23N3O2. The normalized spacial score (nSPS) is 12.2. The molecule has 0 aliphatic heterocycles. The minimum absolute atomic E-state index is 0.0429.